The first kappa shape index (κ1) is 13.0. The van der Waals surface area contributed by atoms with Crippen molar-refractivity contribution in [2.45, 2.75) is 6.61 Å². The summed E-state index contributed by atoms with van der Waals surface area (Å²) in [6.45, 7) is -0.966. The van der Waals surface area contributed by atoms with Gasteiger partial charge in [-0.15, -0.1) is 0 Å². The molecule has 0 unspecified atom stereocenters. The quantitative estimate of drug-likeness (QED) is 0.761. The molecule has 0 saturated carbocycles. The fourth-order valence-electron chi connectivity index (χ4n) is 0.819. The average molecular weight is 204 g/mol. The first-order valence-corrected chi connectivity index (χ1v) is 4.19. The maximum absolute atomic E-state index is 11.6. The third-order valence-electron chi connectivity index (χ3n) is 1.33. The van der Waals surface area contributed by atoms with E-state index in [0.29, 0.717) is 6.61 Å². The molecule has 1 N–H and O–H groups in total. The van der Waals surface area contributed by atoms with Gasteiger partial charge >= 0.3 is 0 Å². The van der Waals surface area contributed by atoms with Crippen molar-refractivity contribution in [2.24, 2.45) is 0 Å². The van der Waals surface area contributed by atoms with Crippen LogP contribution in [0.4, 0.5) is 8.78 Å². The Labute approximate surface area is 82.1 Å². The number of alkyl halides is 2. The molecule has 1 aromatic carbocycles. The minimum absolute atomic E-state index is 0.189. The van der Waals surface area contributed by atoms with Crippen molar-refractivity contribution in [3.8, 4) is 0 Å². The van der Waals surface area contributed by atoms with E-state index in [9.17, 15) is 8.78 Å². The summed E-state index contributed by atoms with van der Waals surface area (Å²) in [5, 5.41) is 6.90. The molecular formula is C10H14F2O2. The summed E-state index contributed by atoms with van der Waals surface area (Å²) >= 11 is 0. The third-order valence-corrected chi connectivity index (χ3v) is 1.33. The molecular weight excluding hydrogens is 190 g/mol. The predicted octanol–water partition coefficient (Wildman–Crippen LogP) is 2.08. The van der Waals surface area contributed by atoms with Gasteiger partial charge in [0.2, 0.25) is 0 Å². The maximum atomic E-state index is 11.6. The van der Waals surface area contributed by atoms with E-state index < -0.39 is 13.5 Å². The molecule has 2 nitrogen and oxygen atoms in total. The summed E-state index contributed by atoms with van der Waals surface area (Å²) in [5.41, 5.74) is 1.08. The lowest BCUT2D eigenvalue weighted by atomic mass is 10.2. The van der Waals surface area contributed by atoms with E-state index >= 15 is 0 Å². The molecule has 0 saturated heterocycles. The lowest BCUT2D eigenvalue weighted by molar-refractivity contribution is 0.106. The summed E-state index contributed by atoms with van der Waals surface area (Å²) in [6, 6.07) is 9.73. The minimum Gasteiger partial charge on any atom is -0.374 e. The highest BCUT2D eigenvalue weighted by atomic mass is 19.1. The highest BCUT2D eigenvalue weighted by Gasteiger charge is 1.89. The van der Waals surface area contributed by atoms with Gasteiger partial charge in [-0.05, 0) is 5.56 Å². The monoisotopic (exact) mass is 204 g/mol. The molecule has 0 bridgehead atoms. The van der Waals surface area contributed by atoms with E-state index in [4.69, 9.17) is 9.84 Å². The van der Waals surface area contributed by atoms with Crippen molar-refractivity contribution in [1.29, 1.82) is 0 Å². The van der Waals surface area contributed by atoms with Crippen molar-refractivity contribution in [3.05, 3.63) is 35.9 Å². The second-order valence-electron chi connectivity index (χ2n) is 2.35. The number of ether oxygens (including phenoxy) is 1. The molecule has 14 heavy (non-hydrogen) atoms. The summed E-state index contributed by atoms with van der Waals surface area (Å²) in [4.78, 5) is 0. The Morgan fingerprint density at radius 3 is 2.21 bits per heavy atom. The molecule has 4 heteroatoms. The van der Waals surface area contributed by atoms with Gasteiger partial charge in [0.1, 0.15) is 6.67 Å². The van der Waals surface area contributed by atoms with Crippen LogP contribution in [0, 0.1) is 0 Å². The second-order valence-corrected chi connectivity index (χ2v) is 2.35. The van der Waals surface area contributed by atoms with Gasteiger partial charge < -0.3 is 9.84 Å². The topological polar surface area (TPSA) is 29.5 Å². The number of benzene rings is 1. The zero-order valence-electron chi connectivity index (χ0n) is 7.83. The van der Waals surface area contributed by atoms with Crippen LogP contribution < -0.4 is 0 Å². The number of aliphatic hydroxyl groups excluding tert-OH is 1. The lowest BCUT2D eigenvalue weighted by Gasteiger charge is -1.99. The Hall–Kier alpha value is -1.00. The summed E-state index contributed by atoms with van der Waals surface area (Å²) in [7, 11) is 0. The third kappa shape index (κ3) is 7.64. The molecule has 0 atom stereocenters. The van der Waals surface area contributed by atoms with E-state index in [2.05, 4.69) is 0 Å². The number of rotatable bonds is 4. The van der Waals surface area contributed by atoms with Gasteiger partial charge in [0.25, 0.3) is 0 Å². The van der Waals surface area contributed by atoms with E-state index in [1.807, 2.05) is 30.3 Å². The van der Waals surface area contributed by atoms with Crippen molar-refractivity contribution in [3.63, 3.8) is 0 Å². The highest BCUT2D eigenvalue weighted by Crippen LogP contribution is 1.99. The summed E-state index contributed by atoms with van der Waals surface area (Å²) in [5.74, 6) is 0. The molecule has 0 radical (unpaired) electrons. The lowest BCUT2D eigenvalue weighted by Crippen LogP contribution is -1.95. The van der Waals surface area contributed by atoms with E-state index in [1.54, 1.807) is 0 Å². The summed E-state index contributed by atoms with van der Waals surface area (Å²) < 4.78 is 26.4. The van der Waals surface area contributed by atoms with Crippen LogP contribution in [-0.4, -0.2) is 25.2 Å². The number of aliphatic hydroxyl groups is 1. The van der Waals surface area contributed by atoms with E-state index in [0.717, 1.165) is 5.56 Å². The van der Waals surface area contributed by atoms with Crippen LogP contribution in [0.3, 0.4) is 0 Å². The molecule has 1 rings (SSSR count). The first-order chi connectivity index (χ1) is 6.85. The van der Waals surface area contributed by atoms with Gasteiger partial charge in [0, 0.05) is 0 Å². The number of hydrogen-bond donors (Lipinski definition) is 1. The molecule has 0 heterocycles. The molecule has 0 aliphatic rings. The standard InChI is InChI=1S/C9H11FO.CH3FO/c10-6-7-11-8-9-4-2-1-3-5-9;2-1-3/h1-5H,6-8H2;3H,1H2. The van der Waals surface area contributed by atoms with Crippen molar-refractivity contribution in [1.82, 2.24) is 0 Å². The first-order valence-electron chi connectivity index (χ1n) is 4.19. The smallest absolute Gasteiger partial charge is 0.185 e. The zero-order chi connectivity index (χ0) is 10.6. The van der Waals surface area contributed by atoms with Gasteiger partial charge in [-0.1, -0.05) is 30.3 Å². The molecule has 0 amide bonds. The number of hydrogen-bond acceptors (Lipinski definition) is 2. The van der Waals surface area contributed by atoms with Crippen molar-refractivity contribution < 1.29 is 18.6 Å². The largest absolute Gasteiger partial charge is 0.374 e. The Bertz CT molecular complexity index is 205. The van der Waals surface area contributed by atoms with Gasteiger partial charge in [-0.2, -0.15) is 0 Å². The Morgan fingerprint density at radius 2 is 1.71 bits per heavy atom. The van der Waals surface area contributed by atoms with E-state index in [1.165, 1.54) is 0 Å². The molecule has 80 valence electrons. The van der Waals surface area contributed by atoms with Crippen LogP contribution in [0.1, 0.15) is 5.56 Å². The van der Waals surface area contributed by atoms with Gasteiger partial charge in [0.15, 0.2) is 6.86 Å². The SMILES string of the molecule is FCCOCc1ccccc1.OCF. The predicted molar refractivity (Wildman–Crippen MR) is 50.3 cm³/mol. The van der Waals surface area contributed by atoms with Crippen molar-refractivity contribution in [2.75, 3.05) is 20.1 Å². The molecule has 0 spiro atoms. The maximum Gasteiger partial charge on any atom is 0.185 e. The fourth-order valence-corrected chi connectivity index (χ4v) is 0.819. The highest BCUT2D eigenvalue weighted by molar-refractivity contribution is 5.13. The molecule has 0 aliphatic heterocycles. The average Bonchev–Trinajstić information content (AvgIpc) is 2.21. The molecule has 0 aliphatic carbocycles. The van der Waals surface area contributed by atoms with Gasteiger partial charge in [0.05, 0.1) is 13.2 Å². The van der Waals surface area contributed by atoms with Crippen LogP contribution in [0.5, 0.6) is 0 Å². The second kappa shape index (κ2) is 10.1. The van der Waals surface area contributed by atoms with Gasteiger partial charge in [-0.25, -0.2) is 8.78 Å². The van der Waals surface area contributed by atoms with Gasteiger partial charge in [-0.3, -0.25) is 0 Å². The Balaban J connectivity index is 0.000000500. The molecule has 0 aromatic heterocycles. The number of halogens is 2. The van der Waals surface area contributed by atoms with Crippen LogP contribution in [0.25, 0.3) is 0 Å². The van der Waals surface area contributed by atoms with Crippen molar-refractivity contribution >= 4 is 0 Å². The minimum atomic E-state index is -1.25. The Morgan fingerprint density at radius 1 is 1.14 bits per heavy atom. The van der Waals surface area contributed by atoms with E-state index in [-0.39, 0.29) is 6.61 Å². The molecule has 0 fully saturated rings. The fraction of sp³-hybridized carbons (Fsp3) is 0.400. The Kier molecular flexibility index (Phi) is 9.36. The zero-order valence-corrected chi connectivity index (χ0v) is 7.83. The summed E-state index contributed by atoms with van der Waals surface area (Å²) in [6.07, 6.45) is 0. The van der Waals surface area contributed by atoms with Crippen LogP contribution >= 0.6 is 0 Å². The van der Waals surface area contributed by atoms with Crippen LogP contribution in [-0.2, 0) is 11.3 Å². The van der Waals surface area contributed by atoms with Crippen LogP contribution in [0.2, 0.25) is 0 Å². The molecule has 1 aromatic rings. The van der Waals surface area contributed by atoms with Crippen LogP contribution in [0.15, 0.2) is 30.3 Å². The normalized spacial score (nSPS) is 9.07.